The molecule has 0 saturated carbocycles. The first kappa shape index (κ1) is 77.7. The Bertz CT molecular complexity index is 2000. The van der Waals surface area contributed by atoms with Crippen LogP contribution in [0.15, 0.2) is 109 Å². The second-order valence-corrected chi connectivity index (χ2v) is 22.8. The molecule has 3 fully saturated rings. The van der Waals surface area contributed by atoms with E-state index < -0.39 is 124 Å². The van der Waals surface area contributed by atoms with Crippen LogP contribution in [0.4, 0.5) is 0 Å². The van der Waals surface area contributed by atoms with Crippen molar-refractivity contribution in [3.8, 4) is 0 Å². The summed E-state index contributed by atoms with van der Waals surface area (Å²) >= 11 is 0. The summed E-state index contributed by atoms with van der Waals surface area (Å²) in [4.78, 5) is 13.3. The van der Waals surface area contributed by atoms with Crippen LogP contribution in [0.1, 0.15) is 181 Å². The third-order valence-corrected chi connectivity index (χ3v) is 15.6. The molecule has 498 valence electrons. The van der Waals surface area contributed by atoms with E-state index in [1.54, 1.807) is 0 Å². The summed E-state index contributed by atoms with van der Waals surface area (Å²) in [6.45, 7) is 1.57. The molecule has 3 aliphatic heterocycles. The van der Waals surface area contributed by atoms with Gasteiger partial charge >= 0.3 is 0 Å². The maximum Gasteiger partial charge on any atom is 0.220 e. The van der Waals surface area contributed by atoms with Gasteiger partial charge in [-0.15, -0.1) is 0 Å². The molecule has 3 saturated heterocycles. The molecule has 3 heterocycles. The van der Waals surface area contributed by atoms with E-state index in [0.717, 1.165) is 135 Å². The van der Waals surface area contributed by atoms with E-state index in [9.17, 15) is 61.0 Å². The number of allylic oxidation sites excluding steroid dienone is 18. The van der Waals surface area contributed by atoms with Crippen LogP contribution in [-0.2, 0) is 33.2 Å². The lowest BCUT2D eigenvalue weighted by atomic mass is 9.96. The summed E-state index contributed by atoms with van der Waals surface area (Å²) in [6, 6.07) is -0.898. The van der Waals surface area contributed by atoms with Crippen LogP contribution in [0, 0.1) is 0 Å². The highest BCUT2D eigenvalue weighted by atomic mass is 16.8. The predicted molar refractivity (Wildman–Crippen MR) is 337 cm³/mol. The van der Waals surface area contributed by atoms with Crippen molar-refractivity contribution in [2.24, 2.45) is 0 Å². The van der Waals surface area contributed by atoms with Gasteiger partial charge in [0.05, 0.1) is 38.6 Å². The Morgan fingerprint density at radius 1 is 0.425 bits per heavy atom. The first-order valence-corrected chi connectivity index (χ1v) is 32.6. The summed E-state index contributed by atoms with van der Waals surface area (Å²) in [6.07, 6.45) is 38.0. The third-order valence-electron chi connectivity index (χ3n) is 15.6. The smallest absolute Gasteiger partial charge is 0.220 e. The average molecular weight is 1230 g/mol. The molecule has 0 radical (unpaired) electrons. The van der Waals surface area contributed by atoms with Gasteiger partial charge < -0.3 is 89.9 Å². The van der Waals surface area contributed by atoms with Crippen molar-refractivity contribution in [3.63, 3.8) is 0 Å². The number of carbonyl (C=O) groups is 1. The summed E-state index contributed by atoms with van der Waals surface area (Å²) in [7, 11) is 0. The normalized spacial score (nSPS) is 29.3. The zero-order valence-corrected chi connectivity index (χ0v) is 52.2. The molecule has 17 unspecified atom stereocenters. The lowest BCUT2D eigenvalue weighted by molar-refractivity contribution is -0.379. The van der Waals surface area contributed by atoms with Gasteiger partial charge in [-0.1, -0.05) is 200 Å². The van der Waals surface area contributed by atoms with Crippen molar-refractivity contribution in [2.75, 3.05) is 26.4 Å². The van der Waals surface area contributed by atoms with E-state index in [1.165, 1.54) is 6.42 Å². The van der Waals surface area contributed by atoms with Gasteiger partial charge in [0.15, 0.2) is 18.9 Å². The molecule has 0 aromatic carbocycles. The number of amides is 1. The van der Waals surface area contributed by atoms with Crippen LogP contribution in [0.2, 0.25) is 0 Å². The van der Waals surface area contributed by atoms with Crippen molar-refractivity contribution < 1.29 is 89.4 Å². The van der Waals surface area contributed by atoms with E-state index in [4.69, 9.17) is 28.4 Å². The minimum Gasteiger partial charge on any atom is -0.394 e. The second-order valence-electron chi connectivity index (χ2n) is 22.8. The molecule has 0 aliphatic carbocycles. The molecule has 12 N–H and O–H groups in total. The Kier molecular flexibility index (Phi) is 43.9. The topological polar surface area (TPSA) is 307 Å². The lowest BCUT2D eigenvalue weighted by Gasteiger charge is -2.48. The summed E-state index contributed by atoms with van der Waals surface area (Å²) in [5, 5.41) is 120. The first-order chi connectivity index (χ1) is 42.3. The largest absolute Gasteiger partial charge is 0.394 e. The zero-order chi connectivity index (χ0) is 63.3. The number of aliphatic hydroxyl groups excluding tert-OH is 11. The highest BCUT2D eigenvalue weighted by Crippen LogP contribution is 2.33. The van der Waals surface area contributed by atoms with Crippen LogP contribution in [0.25, 0.3) is 0 Å². The Hall–Kier alpha value is -3.55. The van der Waals surface area contributed by atoms with Gasteiger partial charge in [-0.05, 0) is 83.5 Å². The van der Waals surface area contributed by atoms with Gasteiger partial charge in [0, 0.05) is 6.42 Å². The predicted octanol–water partition coefficient (Wildman–Crippen LogP) is 7.49. The Morgan fingerprint density at radius 3 is 1.24 bits per heavy atom. The van der Waals surface area contributed by atoms with Crippen molar-refractivity contribution in [3.05, 3.63) is 109 Å². The van der Waals surface area contributed by atoms with Crippen LogP contribution in [0.5, 0.6) is 0 Å². The lowest BCUT2D eigenvalue weighted by Crippen LogP contribution is -2.66. The van der Waals surface area contributed by atoms with Gasteiger partial charge in [-0.25, -0.2) is 0 Å². The number of hydrogen-bond acceptors (Lipinski definition) is 18. The molecule has 1 amide bonds. The molecule has 0 aromatic rings. The molecular weight excluding hydrogens is 1120 g/mol. The molecule has 19 nitrogen and oxygen atoms in total. The minimum atomic E-state index is -1.98. The van der Waals surface area contributed by atoms with Gasteiger partial charge in [0.25, 0.3) is 0 Å². The van der Waals surface area contributed by atoms with Gasteiger partial charge in [0.1, 0.15) is 73.2 Å². The monoisotopic (exact) mass is 1230 g/mol. The SMILES string of the molecule is CC/C=C\C/C=C\C/C=C\C/C=C\C/C=C\C/C=C\C/C=C\C/C=C\C/C=C\CCCCCCCCCC(=O)NC(COC1OC(CO)C(OC2OC(CO)C(OC3OC(CO)C(O)C(O)C3O)C(O)C2O)C(O)C1O)C(O)CCCCCCCCC. The molecule has 3 rings (SSSR count). The second kappa shape index (κ2) is 49.2. The standard InChI is InChI=1S/C68H113NO18/c1-3-5-7-9-11-12-13-14-15-16-17-18-19-20-21-22-23-24-25-26-27-28-29-30-31-32-33-34-35-36-37-38-40-42-44-46-56(74)69-51(52(73)45-43-41-39-10-8-6-4-2)50-82-66-62(80)59(77)64(54(48-71)84-66)87-68-63(81)60(78)65(55(49-72)85-68)86-67-61(79)58(76)57(75)53(47-70)83-67/h5,7,11-12,14-15,17-18,20-21,23-24,26-27,29-30,32-33,51-55,57-68,70-73,75-81H,3-4,6,8-10,13,16,19,22,25,28,31,34-50H2,1-2H3,(H,69,74)/b7-5-,12-11-,15-14-,18-17-,21-20-,24-23-,27-26-,30-29-,33-32-. The highest BCUT2D eigenvalue weighted by Gasteiger charge is 2.53. The number of aliphatic hydroxyl groups is 11. The average Bonchev–Trinajstić information content (AvgIpc) is 2.35. The quantitative estimate of drug-likeness (QED) is 0.0207. The first-order valence-electron chi connectivity index (χ1n) is 32.6. The van der Waals surface area contributed by atoms with Crippen LogP contribution in [-0.4, -0.2) is 193 Å². The fourth-order valence-corrected chi connectivity index (χ4v) is 10.3. The van der Waals surface area contributed by atoms with E-state index in [1.807, 2.05) is 0 Å². The molecular formula is C68H113NO18. The van der Waals surface area contributed by atoms with Crippen molar-refractivity contribution >= 4 is 5.91 Å². The molecule has 19 heteroatoms. The summed E-state index contributed by atoms with van der Waals surface area (Å²) in [5.41, 5.74) is 0. The molecule has 0 bridgehead atoms. The third kappa shape index (κ3) is 31.8. The number of hydrogen-bond donors (Lipinski definition) is 12. The Labute approximate surface area is 519 Å². The van der Waals surface area contributed by atoms with E-state index in [2.05, 4.69) is 129 Å². The van der Waals surface area contributed by atoms with Gasteiger partial charge in [0.2, 0.25) is 5.91 Å². The minimum absolute atomic E-state index is 0.245. The number of carbonyl (C=O) groups excluding carboxylic acids is 1. The van der Waals surface area contributed by atoms with Gasteiger partial charge in [-0.2, -0.15) is 0 Å². The molecule has 0 spiro atoms. The molecule has 0 aromatic heterocycles. The fraction of sp³-hybridized carbons (Fsp3) is 0.721. The molecule has 87 heavy (non-hydrogen) atoms. The highest BCUT2D eigenvalue weighted by molar-refractivity contribution is 5.76. The van der Waals surface area contributed by atoms with E-state index in [-0.39, 0.29) is 18.9 Å². The maximum atomic E-state index is 13.3. The molecule has 3 aliphatic rings. The number of rotatable bonds is 47. The molecule has 17 atom stereocenters. The van der Waals surface area contributed by atoms with Crippen molar-refractivity contribution in [1.82, 2.24) is 5.32 Å². The number of unbranched alkanes of at least 4 members (excludes halogenated alkanes) is 13. The fourth-order valence-electron chi connectivity index (χ4n) is 10.3. The Morgan fingerprint density at radius 2 is 0.793 bits per heavy atom. The van der Waals surface area contributed by atoms with Crippen LogP contribution < -0.4 is 5.32 Å². The summed E-state index contributed by atoms with van der Waals surface area (Å²) in [5.74, 6) is -0.265. The zero-order valence-electron chi connectivity index (χ0n) is 52.2. The summed E-state index contributed by atoms with van der Waals surface area (Å²) < 4.78 is 34.2. The van der Waals surface area contributed by atoms with Crippen molar-refractivity contribution in [2.45, 2.75) is 285 Å². The van der Waals surface area contributed by atoms with E-state index in [0.29, 0.717) is 19.3 Å². The van der Waals surface area contributed by atoms with Gasteiger partial charge in [-0.3, -0.25) is 4.79 Å². The maximum absolute atomic E-state index is 13.3. The number of nitrogens with one attached hydrogen (secondary N) is 1. The van der Waals surface area contributed by atoms with Crippen LogP contribution in [0.3, 0.4) is 0 Å². The van der Waals surface area contributed by atoms with E-state index >= 15 is 0 Å². The number of ether oxygens (including phenoxy) is 6. The van der Waals surface area contributed by atoms with Crippen molar-refractivity contribution in [1.29, 1.82) is 0 Å². The van der Waals surface area contributed by atoms with Crippen LogP contribution >= 0.6 is 0 Å². The Balaban J connectivity index is 1.33.